The molecule has 21 heavy (non-hydrogen) atoms. The number of aromatic nitrogens is 2. The van der Waals surface area contributed by atoms with Crippen molar-refractivity contribution in [3.8, 4) is 5.69 Å². The van der Waals surface area contributed by atoms with Crippen LogP contribution in [0.3, 0.4) is 0 Å². The zero-order valence-electron chi connectivity index (χ0n) is 11.8. The van der Waals surface area contributed by atoms with Crippen molar-refractivity contribution < 1.29 is 5.11 Å². The molecule has 1 aromatic heterocycles. The molecule has 0 aliphatic carbocycles. The summed E-state index contributed by atoms with van der Waals surface area (Å²) in [5.74, 6) is 0.543. The van der Waals surface area contributed by atoms with Gasteiger partial charge in [-0.15, -0.1) is 0 Å². The van der Waals surface area contributed by atoms with Crippen molar-refractivity contribution in [2.24, 2.45) is 0 Å². The molecule has 1 atom stereocenters. The average Bonchev–Trinajstić information content (AvgIpc) is 2.77. The molecule has 0 radical (unpaired) electrons. The van der Waals surface area contributed by atoms with E-state index in [1.807, 2.05) is 41.8 Å². The van der Waals surface area contributed by atoms with Crippen LogP contribution in [-0.2, 0) is 0 Å². The van der Waals surface area contributed by atoms with Crippen LogP contribution in [0.25, 0.3) is 16.7 Å². The van der Waals surface area contributed by atoms with Crippen LogP contribution in [-0.4, -0.2) is 14.7 Å². The molecule has 0 fully saturated rings. The standard InChI is InChI=1S/C16H16ClN3O/c1-9-3-5-14(12(17)7-9)20-15-6-4-11(18)8-13(15)19-16(20)10(2)21/h3-8,10,21H,18H2,1-2H3. The number of halogens is 1. The van der Waals surface area contributed by atoms with Gasteiger partial charge in [0.2, 0.25) is 0 Å². The molecule has 3 aromatic rings. The number of nitrogen functional groups attached to an aromatic ring is 1. The molecule has 0 bridgehead atoms. The van der Waals surface area contributed by atoms with Crippen LogP contribution in [0.4, 0.5) is 5.69 Å². The molecular formula is C16H16ClN3O. The summed E-state index contributed by atoms with van der Waals surface area (Å²) in [6.07, 6.45) is -0.712. The lowest BCUT2D eigenvalue weighted by atomic mass is 10.2. The number of imidazole rings is 1. The second kappa shape index (κ2) is 5.06. The van der Waals surface area contributed by atoms with Gasteiger partial charge in [-0.25, -0.2) is 4.98 Å². The fourth-order valence-electron chi connectivity index (χ4n) is 2.44. The lowest BCUT2D eigenvalue weighted by Crippen LogP contribution is -2.05. The number of fused-ring (bicyclic) bond motifs is 1. The van der Waals surface area contributed by atoms with Gasteiger partial charge in [0.25, 0.3) is 0 Å². The van der Waals surface area contributed by atoms with Gasteiger partial charge in [-0.05, 0) is 49.7 Å². The van der Waals surface area contributed by atoms with Crippen LogP contribution < -0.4 is 5.73 Å². The fraction of sp³-hybridized carbons (Fsp3) is 0.188. The minimum absolute atomic E-state index is 0.543. The number of nitrogens with zero attached hydrogens (tertiary/aromatic N) is 2. The first-order valence-electron chi connectivity index (χ1n) is 6.70. The number of aliphatic hydroxyl groups excluding tert-OH is 1. The molecule has 4 nitrogen and oxygen atoms in total. The summed E-state index contributed by atoms with van der Waals surface area (Å²) in [6.45, 7) is 3.67. The van der Waals surface area contributed by atoms with E-state index in [1.165, 1.54) is 0 Å². The molecule has 0 spiro atoms. The highest BCUT2D eigenvalue weighted by Crippen LogP contribution is 2.30. The topological polar surface area (TPSA) is 64.1 Å². The van der Waals surface area contributed by atoms with Gasteiger partial charge in [-0.3, -0.25) is 4.57 Å². The Balaban J connectivity index is 2.36. The van der Waals surface area contributed by atoms with E-state index >= 15 is 0 Å². The van der Waals surface area contributed by atoms with Crippen molar-refractivity contribution in [2.75, 3.05) is 5.73 Å². The maximum atomic E-state index is 10.0. The maximum Gasteiger partial charge on any atom is 0.143 e. The summed E-state index contributed by atoms with van der Waals surface area (Å²) in [6, 6.07) is 11.3. The van der Waals surface area contributed by atoms with Crippen LogP contribution in [0.2, 0.25) is 5.02 Å². The van der Waals surface area contributed by atoms with Crippen molar-refractivity contribution in [2.45, 2.75) is 20.0 Å². The van der Waals surface area contributed by atoms with Gasteiger partial charge >= 0.3 is 0 Å². The first kappa shape index (κ1) is 13.9. The summed E-state index contributed by atoms with van der Waals surface area (Å²) >= 11 is 6.37. The quantitative estimate of drug-likeness (QED) is 0.711. The molecule has 0 saturated carbocycles. The molecule has 0 aliphatic heterocycles. The van der Waals surface area contributed by atoms with Gasteiger partial charge in [0.05, 0.1) is 21.7 Å². The Hall–Kier alpha value is -2.04. The Morgan fingerprint density at radius 1 is 1.24 bits per heavy atom. The molecule has 108 valence electrons. The van der Waals surface area contributed by atoms with Crippen LogP contribution in [0.1, 0.15) is 24.4 Å². The third-order valence-corrected chi connectivity index (χ3v) is 3.72. The van der Waals surface area contributed by atoms with Crippen molar-refractivity contribution in [1.29, 1.82) is 0 Å². The van der Waals surface area contributed by atoms with Gasteiger partial charge in [-0.1, -0.05) is 17.7 Å². The molecule has 0 saturated heterocycles. The SMILES string of the molecule is Cc1ccc(-n2c(C(C)O)nc3cc(N)ccc32)c(Cl)c1. The van der Waals surface area contributed by atoms with Crippen molar-refractivity contribution >= 4 is 28.3 Å². The summed E-state index contributed by atoms with van der Waals surface area (Å²) < 4.78 is 1.88. The zero-order valence-corrected chi connectivity index (χ0v) is 12.6. The van der Waals surface area contributed by atoms with Crippen LogP contribution in [0.15, 0.2) is 36.4 Å². The number of benzene rings is 2. The second-order valence-electron chi connectivity index (χ2n) is 5.18. The van der Waals surface area contributed by atoms with Gasteiger partial charge in [0.1, 0.15) is 11.9 Å². The van der Waals surface area contributed by atoms with Crippen LogP contribution in [0, 0.1) is 6.92 Å². The number of aryl methyl sites for hydroxylation is 1. The van der Waals surface area contributed by atoms with Gasteiger partial charge in [0.15, 0.2) is 0 Å². The minimum Gasteiger partial charge on any atom is -0.399 e. The third kappa shape index (κ3) is 2.37. The monoisotopic (exact) mass is 301 g/mol. The van der Waals surface area contributed by atoms with E-state index in [4.69, 9.17) is 17.3 Å². The molecular weight excluding hydrogens is 286 g/mol. The summed E-state index contributed by atoms with van der Waals surface area (Å²) in [7, 11) is 0. The molecule has 2 aromatic carbocycles. The zero-order chi connectivity index (χ0) is 15.1. The molecule has 3 N–H and O–H groups in total. The number of aliphatic hydroxyl groups is 1. The first-order chi connectivity index (χ1) is 9.97. The summed E-state index contributed by atoms with van der Waals surface area (Å²) in [5.41, 5.74) is 9.93. The largest absolute Gasteiger partial charge is 0.399 e. The van der Waals surface area contributed by atoms with E-state index < -0.39 is 6.10 Å². The highest BCUT2D eigenvalue weighted by Gasteiger charge is 2.18. The number of hydrogen-bond acceptors (Lipinski definition) is 3. The van der Waals surface area contributed by atoms with E-state index in [1.54, 1.807) is 13.0 Å². The second-order valence-corrected chi connectivity index (χ2v) is 5.59. The first-order valence-corrected chi connectivity index (χ1v) is 7.07. The lowest BCUT2D eigenvalue weighted by molar-refractivity contribution is 0.187. The fourth-order valence-corrected chi connectivity index (χ4v) is 2.76. The van der Waals surface area contributed by atoms with Crippen molar-refractivity contribution in [1.82, 2.24) is 9.55 Å². The normalized spacial score (nSPS) is 12.8. The smallest absolute Gasteiger partial charge is 0.143 e. The molecule has 0 aliphatic rings. The van der Waals surface area contributed by atoms with E-state index in [0.29, 0.717) is 16.5 Å². The van der Waals surface area contributed by atoms with Gasteiger partial charge < -0.3 is 10.8 Å². The highest BCUT2D eigenvalue weighted by molar-refractivity contribution is 6.32. The predicted octanol–water partition coefficient (Wildman–Crippen LogP) is 3.62. The molecule has 5 heteroatoms. The Bertz CT molecular complexity index is 824. The van der Waals surface area contributed by atoms with Crippen LogP contribution >= 0.6 is 11.6 Å². The molecule has 3 rings (SSSR count). The van der Waals surface area contributed by atoms with Gasteiger partial charge in [0, 0.05) is 5.69 Å². The summed E-state index contributed by atoms with van der Waals surface area (Å²) in [5, 5.41) is 10.6. The molecule has 1 unspecified atom stereocenters. The third-order valence-electron chi connectivity index (χ3n) is 3.42. The molecule has 1 heterocycles. The van der Waals surface area contributed by atoms with Gasteiger partial charge in [-0.2, -0.15) is 0 Å². The number of anilines is 1. The predicted molar refractivity (Wildman–Crippen MR) is 85.9 cm³/mol. The summed E-state index contributed by atoms with van der Waals surface area (Å²) in [4.78, 5) is 4.49. The Morgan fingerprint density at radius 2 is 2.00 bits per heavy atom. The van der Waals surface area contributed by atoms with Crippen molar-refractivity contribution in [3.63, 3.8) is 0 Å². The lowest BCUT2D eigenvalue weighted by Gasteiger charge is -2.13. The number of rotatable bonds is 2. The van der Waals surface area contributed by atoms with E-state index in [2.05, 4.69) is 4.98 Å². The number of hydrogen-bond donors (Lipinski definition) is 2. The Labute approximate surface area is 127 Å². The van der Waals surface area contributed by atoms with Crippen molar-refractivity contribution in [3.05, 3.63) is 52.8 Å². The van der Waals surface area contributed by atoms with E-state index in [9.17, 15) is 5.11 Å². The Morgan fingerprint density at radius 3 is 2.67 bits per heavy atom. The van der Waals surface area contributed by atoms with Crippen LogP contribution in [0.5, 0.6) is 0 Å². The van der Waals surface area contributed by atoms with E-state index in [-0.39, 0.29) is 0 Å². The average molecular weight is 302 g/mol. The highest BCUT2D eigenvalue weighted by atomic mass is 35.5. The maximum absolute atomic E-state index is 10.0. The molecule has 0 amide bonds. The number of nitrogens with two attached hydrogens (primary N) is 1. The Kier molecular flexibility index (Phi) is 3.35. The minimum atomic E-state index is -0.712. The van der Waals surface area contributed by atoms with E-state index in [0.717, 1.165) is 22.3 Å².